The molecule has 0 aromatic heterocycles. The van der Waals surface area contributed by atoms with Gasteiger partial charge in [-0.3, -0.25) is 9.69 Å². The molecule has 1 N–H and O–H groups in total. The van der Waals surface area contributed by atoms with Gasteiger partial charge in [0.25, 0.3) is 0 Å². The molecule has 1 aromatic carbocycles. The van der Waals surface area contributed by atoms with Crippen molar-refractivity contribution in [2.24, 2.45) is 5.92 Å². The summed E-state index contributed by atoms with van der Waals surface area (Å²) in [6, 6.07) is 2.62. The van der Waals surface area contributed by atoms with Crippen LogP contribution in [0.1, 0.15) is 39.0 Å². The number of hydrogen-bond acceptors (Lipinski definition) is 4. The van der Waals surface area contributed by atoms with E-state index >= 15 is 0 Å². The van der Waals surface area contributed by atoms with E-state index in [0.29, 0.717) is 25.6 Å². The van der Waals surface area contributed by atoms with E-state index in [2.05, 4.69) is 5.32 Å². The highest BCUT2D eigenvalue weighted by molar-refractivity contribution is 7.89. The molecule has 0 spiro atoms. The zero-order valence-corrected chi connectivity index (χ0v) is 17.6. The molecule has 1 aliphatic carbocycles. The number of sulfonamides is 1. The van der Waals surface area contributed by atoms with Crippen LogP contribution < -0.4 is 5.32 Å². The number of piperazine rings is 1. The lowest BCUT2D eigenvalue weighted by Crippen LogP contribution is -2.55. The summed E-state index contributed by atoms with van der Waals surface area (Å²) in [5.74, 6) is -1.71. The van der Waals surface area contributed by atoms with E-state index in [1.807, 2.05) is 4.90 Å². The number of carbonyl (C=O) groups is 1. The topological polar surface area (TPSA) is 69.7 Å². The van der Waals surface area contributed by atoms with Crippen LogP contribution in [0.3, 0.4) is 0 Å². The molecule has 0 radical (unpaired) electrons. The molecule has 1 aromatic rings. The Hall–Kier alpha value is -1.58. The van der Waals surface area contributed by atoms with Gasteiger partial charge in [0.15, 0.2) is 4.90 Å². The SMILES string of the molecule is CC(C(=O)NCC1CCCCC1)N1CCN(S(=O)(=O)c2c(F)cccc2F)CC1. The first-order valence-corrected chi connectivity index (χ1v) is 11.7. The lowest BCUT2D eigenvalue weighted by Gasteiger charge is -2.37. The quantitative estimate of drug-likeness (QED) is 0.754. The van der Waals surface area contributed by atoms with E-state index in [0.717, 1.165) is 35.3 Å². The summed E-state index contributed by atoms with van der Waals surface area (Å²) >= 11 is 0. The normalized spacial score (nSPS) is 21.1. The van der Waals surface area contributed by atoms with Crippen molar-refractivity contribution in [3.05, 3.63) is 29.8 Å². The van der Waals surface area contributed by atoms with Crippen LogP contribution >= 0.6 is 0 Å². The average Bonchev–Trinajstić information content (AvgIpc) is 2.72. The lowest BCUT2D eigenvalue weighted by atomic mass is 9.89. The molecule has 6 nitrogen and oxygen atoms in total. The number of amides is 1. The summed E-state index contributed by atoms with van der Waals surface area (Å²) in [6.07, 6.45) is 6.00. The molecule has 0 bridgehead atoms. The van der Waals surface area contributed by atoms with Gasteiger partial charge in [0.05, 0.1) is 6.04 Å². The number of hydrogen-bond donors (Lipinski definition) is 1. The van der Waals surface area contributed by atoms with Crippen molar-refractivity contribution in [2.75, 3.05) is 32.7 Å². The minimum Gasteiger partial charge on any atom is -0.354 e. The molecular formula is C20H29F2N3O3S. The molecule has 1 amide bonds. The van der Waals surface area contributed by atoms with Gasteiger partial charge in [0, 0.05) is 32.7 Å². The van der Waals surface area contributed by atoms with Crippen LogP contribution in [0.5, 0.6) is 0 Å². The Kier molecular flexibility index (Phi) is 7.23. The third-order valence-corrected chi connectivity index (χ3v) is 7.96. The smallest absolute Gasteiger partial charge is 0.249 e. The number of carbonyl (C=O) groups excluding carboxylic acids is 1. The molecule has 3 rings (SSSR count). The van der Waals surface area contributed by atoms with Crippen molar-refractivity contribution in [1.29, 1.82) is 0 Å². The van der Waals surface area contributed by atoms with Crippen LogP contribution in [-0.4, -0.2) is 62.3 Å². The maximum absolute atomic E-state index is 13.9. The minimum atomic E-state index is -4.26. The van der Waals surface area contributed by atoms with Crippen molar-refractivity contribution in [1.82, 2.24) is 14.5 Å². The summed E-state index contributed by atoms with van der Waals surface area (Å²) in [7, 11) is -4.26. The van der Waals surface area contributed by atoms with Gasteiger partial charge in [-0.15, -0.1) is 0 Å². The summed E-state index contributed by atoms with van der Waals surface area (Å²) in [6.45, 7) is 3.30. The summed E-state index contributed by atoms with van der Waals surface area (Å²) in [4.78, 5) is 13.5. The molecule has 2 aliphatic rings. The highest BCUT2D eigenvalue weighted by Crippen LogP contribution is 2.24. The number of halogens is 2. The molecule has 1 atom stereocenters. The molecule has 1 unspecified atom stereocenters. The van der Waals surface area contributed by atoms with Crippen LogP contribution in [0.2, 0.25) is 0 Å². The van der Waals surface area contributed by atoms with E-state index < -0.39 is 26.6 Å². The highest BCUT2D eigenvalue weighted by atomic mass is 32.2. The monoisotopic (exact) mass is 429 g/mol. The molecule has 2 fully saturated rings. The predicted octanol–water partition coefficient (Wildman–Crippen LogP) is 2.36. The Balaban J connectivity index is 1.54. The van der Waals surface area contributed by atoms with Gasteiger partial charge in [-0.1, -0.05) is 25.3 Å². The summed E-state index contributed by atoms with van der Waals surface area (Å²) in [5, 5.41) is 3.02. The molecule has 29 heavy (non-hydrogen) atoms. The van der Waals surface area contributed by atoms with Gasteiger partial charge in [0.2, 0.25) is 15.9 Å². The van der Waals surface area contributed by atoms with Gasteiger partial charge >= 0.3 is 0 Å². The van der Waals surface area contributed by atoms with Crippen molar-refractivity contribution >= 4 is 15.9 Å². The zero-order chi connectivity index (χ0) is 21.0. The first kappa shape index (κ1) is 22.1. The van der Waals surface area contributed by atoms with Gasteiger partial charge in [0.1, 0.15) is 11.6 Å². The fraction of sp³-hybridized carbons (Fsp3) is 0.650. The van der Waals surface area contributed by atoms with E-state index in [9.17, 15) is 22.0 Å². The van der Waals surface area contributed by atoms with Gasteiger partial charge in [-0.2, -0.15) is 4.31 Å². The molecular weight excluding hydrogens is 400 g/mol. The van der Waals surface area contributed by atoms with Crippen molar-refractivity contribution in [3.63, 3.8) is 0 Å². The van der Waals surface area contributed by atoms with Crippen molar-refractivity contribution in [3.8, 4) is 0 Å². The highest BCUT2D eigenvalue weighted by Gasteiger charge is 2.35. The van der Waals surface area contributed by atoms with Crippen LogP contribution in [0.15, 0.2) is 23.1 Å². The van der Waals surface area contributed by atoms with Crippen LogP contribution in [0.4, 0.5) is 8.78 Å². The van der Waals surface area contributed by atoms with Gasteiger partial charge in [-0.25, -0.2) is 17.2 Å². The maximum Gasteiger partial charge on any atom is 0.249 e. The fourth-order valence-corrected chi connectivity index (χ4v) is 5.67. The average molecular weight is 430 g/mol. The fourth-order valence-electron chi connectivity index (χ4n) is 4.14. The third kappa shape index (κ3) is 5.13. The second-order valence-electron chi connectivity index (χ2n) is 7.92. The molecule has 162 valence electrons. The van der Waals surface area contributed by atoms with E-state index in [1.54, 1.807) is 6.92 Å². The van der Waals surface area contributed by atoms with Crippen LogP contribution in [-0.2, 0) is 14.8 Å². The van der Waals surface area contributed by atoms with Gasteiger partial charge < -0.3 is 5.32 Å². The Morgan fingerprint density at radius 2 is 1.69 bits per heavy atom. The van der Waals surface area contributed by atoms with Gasteiger partial charge in [-0.05, 0) is 37.8 Å². The first-order valence-electron chi connectivity index (χ1n) is 10.3. The van der Waals surface area contributed by atoms with E-state index in [-0.39, 0.29) is 25.0 Å². The molecule has 1 heterocycles. The lowest BCUT2D eigenvalue weighted by molar-refractivity contribution is -0.126. The molecule has 1 aliphatic heterocycles. The van der Waals surface area contributed by atoms with Crippen molar-refractivity contribution in [2.45, 2.75) is 50.0 Å². The zero-order valence-electron chi connectivity index (χ0n) is 16.7. The summed E-state index contributed by atoms with van der Waals surface area (Å²) in [5.41, 5.74) is 0. The Morgan fingerprint density at radius 1 is 1.10 bits per heavy atom. The van der Waals surface area contributed by atoms with Crippen LogP contribution in [0, 0.1) is 17.6 Å². The second-order valence-corrected chi connectivity index (χ2v) is 9.79. The number of nitrogens with one attached hydrogen (secondary N) is 1. The second kappa shape index (κ2) is 9.49. The molecule has 1 saturated heterocycles. The Morgan fingerprint density at radius 3 is 2.28 bits per heavy atom. The molecule has 1 saturated carbocycles. The van der Waals surface area contributed by atoms with E-state index in [1.165, 1.54) is 19.3 Å². The van der Waals surface area contributed by atoms with Crippen LogP contribution in [0.25, 0.3) is 0 Å². The number of rotatable bonds is 6. The largest absolute Gasteiger partial charge is 0.354 e. The Bertz CT molecular complexity index is 800. The van der Waals surface area contributed by atoms with E-state index in [4.69, 9.17) is 0 Å². The first-order chi connectivity index (χ1) is 13.8. The standard InChI is InChI=1S/C20H29F2N3O3S/c1-15(20(26)23-14-16-6-3-2-4-7-16)24-10-12-25(13-11-24)29(27,28)19-17(21)8-5-9-18(19)22/h5,8-9,15-16H,2-4,6-7,10-14H2,1H3,(H,23,26). The van der Waals surface area contributed by atoms with Crippen molar-refractivity contribution < 1.29 is 22.0 Å². The number of nitrogens with zero attached hydrogens (tertiary/aromatic N) is 2. The predicted molar refractivity (Wildman–Crippen MR) is 106 cm³/mol. The third-order valence-electron chi connectivity index (χ3n) is 6.01. The minimum absolute atomic E-state index is 0.0629. The Labute approximate surface area is 171 Å². The molecule has 9 heteroatoms. The maximum atomic E-state index is 13.9. The number of benzene rings is 1. The summed E-state index contributed by atoms with van der Waals surface area (Å²) < 4.78 is 54.3.